The van der Waals surface area contributed by atoms with Gasteiger partial charge in [-0.25, -0.2) is 0 Å². The van der Waals surface area contributed by atoms with Gasteiger partial charge in [-0.2, -0.15) is 0 Å². The summed E-state index contributed by atoms with van der Waals surface area (Å²) in [5.74, 6) is 0.727. The zero-order valence-electron chi connectivity index (χ0n) is 8.46. The van der Waals surface area contributed by atoms with Gasteiger partial charge in [0, 0.05) is 11.1 Å². The second-order valence-corrected chi connectivity index (χ2v) is 4.48. The summed E-state index contributed by atoms with van der Waals surface area (Å²) in [4.78, 5) is 0. The van der Waals surface area contributed by atoms with Crippen LogP contribution in [-0.4, -0.2) is 13.1 Å². The Balaban J connectivity index is 2.06. The zero-order valence-corrected chi connectivity index (χ0v) is 9.22. The van der Waals surface area contributed by atoms with E-state index in [1.165, 1.54) is 24.8 Å². The molecule has 0 bridgehead atoms. The highest BCUT2D eigenvalue weighted by molar-refractivity contribution is 6.30. The van der Waals surface area contributed by atoms with Crippen molar-refractivity contribution in [1.82, 2.24) is 5.32 Å². The van der Waals surface area contributed by atoms with Gasteiger partial charge in [0.15, 0.2) is 0 Å². The quantitative estimate of drug-likeness (QED) is 0.789. The molecular formula is C12H16ClN. The predicted molar refractivity (Wildman–Crippen MR) is 60.9 cm³/mol. The van der Waals surface area contributed by atoms with Gasteiger partial charge in [0.1, 0.15) is 0 Å². The maximum Gasteiger partial charge on any atom is 0.0406 e. The first kappa shape index (κ1) is 10.0. The lowest BCUT2D eigenvalue weighted by Crippen LogP contribution is -2.21. The van der Waals surface area contributed by atoms with E-state index in [4.69, 9.17) is 11.6 Å². The van der Waals surface area contributed by atoms with Gasteiger partial charge in [-0.15, -0.1) is 0 Å². The third kappa shape index (κ3) is 2.10. The van der Waals surface area contributed by atoms with Gasteiger partial charge in [-0.1, -0.05) is 23.7 Å². The maximum atomic E-state index is 5.86. The lowest BCUT2D eigenvalue weighted by molar-refractivity contribution is 0.572. The highest BCUT2D eigenvalue weighted by Gasteiger charge is 2.24. The van der Waals surface area contributed by atoms with E-state index in [1.807, 2.05) is 12.1 Å². The molecule has 0 saturated heterocycles. The van der Waals surface area contributed by atoms with Crippen LogP contribution in [0.25, 0.3) is 0 Å². The number of nitrogens with one attached hydrogen (secondary N) is 1. The molecule has 0 amide bonds. The number of halogens is 1. The van der Waals surface area contributed by atoms with E-state index in [2.05, 4.69) is 24.5 Å². The number of hydrogen-bond donors (Lipinski definition) is 1. The van der Waals surface area contributed by atoms with Gasteiger partial charge in [0.25, 0.3) is 0 Å². The molecule has 2 unspecified atom stereocenters. The molecule has 76 valence electrons. The molecule has 1 aromatic rings. The number of benzene rings is 1. The largest absolute Gasteiger partial charge is 0.317 e. The third-order valence-electron chi connectivity index (χ3n) is 3.18. The van der Waals surface area contributed by atoms with Crippen LogP contribution < -0.4 is 5.32 Å². The van der Waals surface area contributed by atoms with Crippen molar-refractivity contribution in [3.8, 4) is 0 Å². The molecule has 0 aliphatic heterocycles. The minimum atomic E-state index is 0.704. The molecule has 1 fully saturated rings. The summed E-state index contributed by atoms with van der Waals surface area (Å²) in [5.41, 5.74) is 1.44. The van der Waals surface area contributed by atoms with E-state index < -0.39 is 0 Å². The van der Waals surface area contributed by atoms with Gasteiger partial charge >= 0.3 is 0 Å². The molecule has 0 heterocycles. The van der Waals surface area contributed by atoms with Crippen LogP contribution in [0.1, 0.15) is 30.7 Å². The summed E-state index contributed by atoms with van der Waals surface area (Å²) in [6, 6.07) is 9.00. The molecule has 0 radical (unpaired) electrons. The second kappa shape index (κ2) is 4.33. The first-order valence-corrected chi connectivity index (χ1v) is 5.60. The van der Waals surface area contributed by atoms with Crippen molar-refractivity contribution in [2.75, 3.05) is 7.05 Å². The van der Waals surface area contributed by atoms with Crippen LogP contribution in [0.2, 0.25) is 5.02 Å². The second-order valence-electron chi connectivity index (χ2n) is 4.05. The first-order valence-electron chi connectivity index (χ1n) is 5.22. The Bertz CT molecular complexity index is 294. The normalized spacial score (nSPS) is 26.7. The first-order chi connectivity index (χ1) is 6.79. The van der Waals surface area contributed by atoms with Crippen molar-refractivity contribution in [2.45, 2.75) is 31.2 Å². The molecule has 1 nitrogen and oxygen atoms in total. The van der Waals surface area contributed by atoms with Crippen LogP contribution in [0.15, 0.2) is 24.3 Å². The monoisotopic (exact) mass is 209 g/mol. The predicted octanol–water partition coefficient (Wildman–Crippen LogP) is 3.20. The van der Waals surface area contributed by atoms with Crippen LogP contribution in [0.3, 0.4) is 0 Å². The van der Waals surface area contributed by atoms with E-state index in [9.17, 15) is 0 Å². The Morgan fingerprint density at radius 1 is 1.21 bits per heavy atom. The fourth-order valence-corrected chi connectivity index (χ4v) is 2.41. The van der Waals surface area contributed by atoms with E-state index in [-0.39, 0.29) is 0 Å². The van der Waals surface area contributed by atoms with Gasteiger partial charge in [-0.3, -0.25) is 0 Å². The maximum absolute atomic E-state index is 5.86. The van der Waals surface area contributed by atoms with Crippen molar-refractivity contribution in [2.24, 2.45) is 0 Å². The van der Waals surface area contributed by atoms with Crippen LogP contribution in [0, 0.1) is 0 Å². The average Bonchev–Trinajstić information content (AvgIpc) is 2.67. The molecule has 0 aromatic heterocycles. The summed E-state index contributed by atoms with van der Waals surface area (Å²) >= 11 is 5.86. The van der Waals surface area contributed by atoms with E-state index in [0.29, 0.717) is 6.04 Å². The molecule has 1 N–H and O–H groups in total. The molecule has 0 spiro atoms. The minimum Gasteiger partial charge on any atom is -0.317 e. The molecule has 1 aliphatic carbocycles. The van der Waals surface area contributed by atoms with E-state index in [0.717, 1.165) is 10.9 Å². The van der Waals surface area contributed by atoms with E-state index >= 15 is 0 Å². The standard InChI is InChI=1S/C12H16ClN/c1-14-12-7-4-10(8-12)9-2-5-11(13)6-3-9/h2-3,5-6,10,12,14H,4,7-8H2,1H3. The van der Waals surface area contributed by atoms with Crippen molar-refractivity contribution in [3.63, 3.8) is 0 Å². The van der Waals surface area contributed by atoms with Crippen molar-refractivity contribution < 1.29 is 0 Å². The Kier molecular flexibility index (Phi) is 3.09. The lowest BCUT2D eigenvalue weighted by atomic mass is 9.98. The Labute approximate surface area is 90.5 Å². The topological polar surface area (TPSA) is 12.0 Å². The Morgan fingerprint density at radius 3 is 2.50 bits per heavy atom. The zero-order chi connectivity index (χ0) is 9.97. The van der Waals surface area contributed by atoms with Gasteiger partial charge in [-0.05, 0) is 49.9 Å². The van der Waals surface area contributed by atoms with Crippen LogP contribution in [-0.2, 0) is 0 Å². The molecule has 14 heavy (non-hydrogen) atoms. The van der Waals surface area contributed by atoms with E-state index in [1.54, 1.807) is 0 Å². The molecule has 2 rings (SSSR count). The molecule has 1 aliphatic rings. The summed E-state index contributed by atoms with van der Waals surface area (Å²) < 4.78 is 0. The van der Waals surface area contributed by atoms with Gasteiger partial charge < -0.3 is 5.32 Å². The summed E-state index contributed by atoms with van der Waals surface area (Å²) in [5, 5.41) is 4.18. The molecule has 1 aromatic carbocycles. The molecular weight excluding hydrogens is 194 g/mol. The van der Waals surface area contributed by atoms with Crippen LogP contribution in [0.4, 0.5) is 0 Å². The summed E-state index contributed by atoms with van der Waals surface area (Å²) in [6.07, 6.45) is 3.86. The fraction of sp³-hybridized carbons (Fsp3) is 0.500. The highest BCUT2D eigenvalue weighted by Crippen LogP contribution is 2.34. The van der Waals surface area contributed by atoms with Gasteiger partial charge in [0.05, 0.1) is 0 Å². The Morgan fingerprint density at radius 2 is 1.93 bits per heavy atom. The van der Waals surface area contributed by atoms with Crippen LogP contribution in [0.5, 0.6) is 0 Å². The number of rotatable bonds is 2. The third-order valence-corrected chi connectivity index (χ3v) is 3.43. The Hall–Kier alpha value is -0.530. The lowest BCUT2D eigenvalue weighted by Gasteiger charge is -2.10. The molecule has 2 heteroatoms. The smallest absolute Gasteiger partial charge is 0.0406 e. The fourth-order valence-electron chi connectivity index (χ4n) is 2.28. The average molecular weight is 210 g/mol. The molecule has 2 atom stereocenters. The SMILES string of the molecule is CNC1CCC(c2ccc(Cl)cc2)C1. The minimum absolute atomic E-state index is 0.704. The number of hydrogen-bond acceptors (Lipinski definition) is 1. The van der Waals surface area contributed by atoms with Crippen molar-refractivity contribution >= 4 is 11.6 Å². The summed E-state index contributed by atoms with van der Waals surface area (Å²) in [6.45, 7) is 0. The van der Waals surface area contributed by atoms with Crippen molar-refractivity contribution in [3.05, 3.63) is 34.9 Å². The summed E-state index contributed by atoms with van der Waals surface area (Å²) in [7, 11) is 2.05. The van der Waals surface area contributed by atoms with Crippen LogP contribution >= 0.6 is 11.6 Å². The van der Waals surface area contributed by atoms with Crippen molar-refractivity contribution in [1.29, 1.82) is 0 Å². The molecule has 1 saturated carbocycles. The highest BCUT2D eigenvalue weighted by atomic mass is 35.5. The van der Waals surface area contributed by atoms with Gasteiger partial charge in [0.2, 0.25) is 0 Å².